The number of carbonyl (C=O) groups is 14. The van der Waals surface area contributed by atoms with Gasteiger partial charge in [-0.25, -0.2) is 19.0 Å². The maximum Gasteiger partial charge on any atom is 0.407 e. The van der Waals surface area contributed by atoms with Crippen molar-refractivity contribution in [2.24, 2.45) is 10.8 Å². The molecule has 11 rings (SSSR count). The molecule has 8 heterocycles. The molecule has 3 fully saturated rings. The lowest BCUT2D eigenvalue weighted by atomic mass is 10.0. The van der Waals surface area contributed by atoms with Gasteiger partial charge in [0.1, 0.15) is 42.7 Å². The molecule has 2 aromatic heterocycles. The van der Waals surface area contributed by atoms with Crippen LogP contribution in [-0.2, 0) is 92.8 Å². The first-order valence-electron chi connectivity index (χ1n) is 39.1. The van der Waals surface area contributed by atoms with Crippen LogP contribution in [0.15, 0.2) is 72.1 Å². The third-order valence-electron chi connectivity index (χ3n) is 17.4. The molecule has 662 valence electrons. The predicted molar refractivity (Wildman–Crippen MR) is 446 cm³/mol. The Kier molecular flexibility index (Phi) is 39.8. The van der Waals surface area contributed by atoms with E-state index in [1.807, 2.05) is 0 Å². The van der Waals surface area contributed by atoms with Crippen LogP contribution in [-0.4, -0.2) is 270 Å². The Morgan fingerprint density at radius 3 is 1.20 bits per heavy atom. The zero-order chi connectivity index (χ0) is 90.2. The van der Waals surface area contributed by atoms with Crippen molar-refractivity contribution in [1.29, 1.82) is 0.594 Å². The third-order valence-corrected chi connectivity index (χ3v) is 17.4. The number of ether oxygens (including phenoxy) is 8. The largest absolute Gasteiger partial charge is 0.444 e. The van der Waals surface area contributed by atoms with Gasteiger partial charge in [0.15, 0.2) is 0 Å². The lowest BCUT2D eigenvalue weighted by Gasteiger charge is -2.27. The van der Waals surface area contributed by atoms with Crippen LogP contribution < -0.4 is 54.4 Å². The molecule has 3 saturated heterocycles. The summed E-state index contributed by atoms with van der Waals surface area (Å²) >= 11 is 1.40. The first-order valence-corrected chi connectivity index (χ1v) is 38.1. The van der Waals surface area contributed by atoms with E-state index in [1.54, 1.807) is 106 Å². The molecule has 6 aliphatic heterocycles. The summed E-state index contributed by atoms with van der Waals surface area (Å²) in [7, 11) is 0. The number of carbonyl (C=O) groups excluding carboxylic acids is 14. The molecule has 46 heteroatoms. The fourth-order valence-corrected chi connectivity index (χ4v) is 12.2. The van der Waals surface area contributed by atoms with E-state index >= 15 is 0 Å². The topological polar surface area (TPSA) is 590 Å². The van der Waals surface area contributed by atoms with Gasteiger partial charge in [0.05, 0.1) is 158 Å². The van der Waals surface area contributed by atoms with Gasteiger partial charge in [-0.1, -0.05) is 39.7 Å². The maximum atomic E-state index is 13.2. The Hall–Kier alpha value is -11.7. The highest BCUT2D eigenvalue weighted by Gasteiger charge is 2.49. The second kappa shape index (κ2) is 49.9. The number of nitrogens with one attached hydrogen (secondary N) is 8. The molecular formula is C76H102ClIN22O22. The standard InChI is InChI=1S/C27H35N7O8.C22H27N7O6.C16H13N3O4.C11H22N4O4.ClH.HI.H3N/c1-27(2,3)42-26(39)28-9-11-40-13-14-41-12-10-33-16-17(31-32-33)15-29-19-6-4-5-18-22(19)25(38)34(24(18)37)20-7-8-21(35)30-23(20)36;23-6-8-34-10-11-35-9-7-28-13-14(26-27-28)12-24-16-3-1-2-15-19(16)22(33)29(21(15)32)17-4-5-18(30)25-20(17)31;1-2-8-17-10-5-3-4-9-13(10)16(23)19(15(9)22)11-6-7-12(20)18-14(11)21;1-11(2,3)19-10(16)13-4-6-17-8-9-18-7-5-14-15-12;;;/h4-6,16,20,29H,7-15H2,1-3H3,(H,28,39)(H,30,35,36);1-3,13,17,24H,4-12,23H2,(H,25,30,31);1,3-5,11,17H,6-8H2,(H,18,20,21);4-9H2,1-3H3,(H,13,16);2*1H;1H3/i/hD2. The van der Waals surface area contributed by atoms with E-state index in [1.165, 1.54) is 35.9 Å². The molecule has 0 radical (unpaired) electrons. The number of amides is 14. The van der Waals surface area contributed by atoms with Crippen LogP contribution in [0, 0.1) is 12.3 Å². The predicted octanol–water partition coefficient (Wildman–Crippen LogP) is 3.32. The van der Waals surface area contributed by atoms with Gasteiger partial charge in [-0.15, -0.1) is 52.8 Å². The molecule has 122 heavy (non-hydrogen) atoms. The fraction of sp³-hybridized carbons (Fsp3) is 0.500. The Bertz CT molecular complexity index is 4630. The van der Waals surface area contributed by atoms with Crippen LogP contribution in [0.1, 0.15) is 154 Å². The van der Waals surface area contributed by atoms with E-state index < -0.39 is 112 Å². The summed E-state index contributed by atoms with van der Waals surface area (Å²) in [5.74, 6) is -4.15. The molecule has 3 aromatic carbocycles. The van der Waals surface area contributed by atoms with Crippen molar-refractivity contribution >= 4 is 136 Å². The average molecular weight is 1840 g/mol. The Morgan fingerprint density at radius 2 is 0.877 bits per heavy atom. The number of imide groups is 6. The molecular weight excluding hydrogens is 1740 g/mol. The zero-order valence-electron chi connectivity index (χ0n) is 70.0. The van der Waals surface area contributed by atoms with E-state index in [-0.39, 0.29) is 104 Å². The van der Waals surface area contributed by atoms with Gasteiger partial charge in [-0.05, 0) is 103 Å². The number of terminal acetylenes is 1. The highest BCUT2D eigenvalue weighted by atomic mass is 127. The van der Waals surface area contributed by atoms with Gasteiger partial charge in [-0.3, -0.25) is 88.2 Å². The van der Waals surface area contributed by atoms with Crippen molar-refractivity contribution in [2.75, 3.05) is 128 Å². The van der Waals surface area contributed by atoms with Crippen LogP contribution in [0.25, 0.3) is 10.4 Å². The molecule has 0 saturated carbocycles. The van der Waals surface area contributed by atoms with Crippen molar-refractivity contribution in [3.8, 4) is 12.3 Å². The lowest BCUT2D eigenvalue weighted by molar-refractivity contribution is -0.137. The number of anilines is 3. The van der Waals surface area contributed by atoms with Gasteiger partial charge >= 0.3 is 12.2 Å². The Balaban J connectivity index is 0.000000301. The number of nitrogens with zero attached hydrogens (tertiary/aromatic N) is 12. The molecule has 3 unspecified atom stereocenters. The van der Waals surface area contributed by atoms with E-state index in [0.717, 1.165) is 14.7 Å². The fourth-order valence-electron chi connectivity index (χ4n) is 12.2. The maximum absolute atomic E-state index is 13.2. The first-order chi connectivity index (χ1) is 59.0. The number of fused-ring (bicyclic) bond motifs is 3. The molecule has 0 spiro atoms. The lowest BCUT2D eigenvalue weighted by Crippen LogP contribution is -2.54. The van der Waals surface area contributed by atoms with Gasteiger partial charge < -0.3 is 76.4 Å². The second-order valence-electron chi connectivity index (χ2n) is 28.5. The molecule has 3 atom stereocenters. The number of aromatic nitrogens is 6. The van der Waals surface area contributed by atoms with Gasteiger partial charge in [0.25, 0.3) is 35.4 Å². The van der Waals surface area contributed by atoms with Crippen molar-refractivity contribution in [3.05, 3.63) is 122 Å². The highest BCUT2D eigenvalue weighted by molar-refractivity contribution is 14.0. The van der Waals surface area contributed by atoms with E-state index in [9.17, 15) is 67.1 Å². The van der Waals surface area contributed by atoms with Crippen molar-refractivity contribution in [1.82, 2.24) is 77.4 Å². The number of halogens is 2. The molecule has 0 aliphatic carbocycles. The number of alkyl carbamates (subject to hydrolysis) is 2. The summed E-state index contributed by atoms with van der Waals surface area (Å²) in [5, 5.41) is 40.6. The Labute approximate surface area is 726 Å². The number of hydrogen-bond donors (Lipinski definition) is 10. The molecule has 44 nitrogen and oxygen atoms in total. The van der Waals surface area contributed by atoms with E-state index in [4.69, 9.17) is 57.6 Å². The van der Waals surface area contributed by atoms with Gasteiger partial charge in [0, 0.05) is 67.4 Å². The third kappa shape index (κ3) is 29.9. The minimum atomic E-state index is -1.03. The van der Waals surface area contributed by atoms with Crippen LogP contribution in [0.3, 0.4) is 0 Å². The summed E-state index contributed by atoms with van der Waals surface area (Å²) in [6.45, 7) is 18.9. The molecule has 5 aromatic rings. The molecule has 13 N–H and O–H groups in total. The monoisotopic (exact) mass is 1840 g/mol. The number of hydrogen-bond acceptors (Lipinski definition) is 32. The minimum absolute atomic E-state index is 0. The molecule has 0 bridgehead atoms. The van der Waals surface area contributed by atoms with Crippen molar-refractivity contribution in [3.63, 3.8) is 0 Å². The minimum Gasteiger partial charge on any atom is -0.444 e. The van der Waals surface area contributed by atoms with Crippen molar-refractivity contribution in [2.45, 2.75) is 136 Å². The van der Waals surface area contributed by atoms with Crippen molar-refractivity contribution < 1.29 is 106 Å². The summed E-state index contributed by atoms with van der Waals surface area (Å²) < 4.78 is 56.5. The van der Waals surface area contributed by atoms with E-state index in [0.29, 0.717) is 147 Å². The number of piperidine rings is 3. The van der Waals surface area contributed by atoms with Gasteiger partial charge in [0.2, 0.25) is 35.4 Å². The number of rotatable bonds is 37. The normalized spacial score (nSPS) is 16.4. The summed E-state index contributed by atoms with van der Waals surface area (Å²) in [6.07, 6.45) is 12.0. The quantitative estimate of drug-likeness (QED) is 0.00518. The second-order valence-corrected chi connectivity index (χ2v) is 28.5. The van der Waals surface area contributed by atoms with Crippen LogP contribution in [0.4, 0.5) is 26.7 Å². The Morgan fingerprint density at radius 1 is 0.541 bits per heavy atom. The molecule has 14 amide bonds. The van der Waals surface area contributed by atoms with Gasteiger partial charge in [-0.2, -0.15) is 0 Å². The van der Waals surface area contributed by atoms with E-state index in [2.05, 4.69) is 85.2 Å². The first kappa shape index (κ1) is 97.4. The van der Waals surface area contributed by atoms with Crippen LogP contribution in [0.2, 0.25) is 1.41 Å². The smallest absolute Gasteiger partial charge is 0.407 e. The summed E-state index contributed by atoms with van der Waals surface area (Å²) in [5.41, 5.74) is 16.1. The van der Waals surface area contributed by atoms with Crippen LogP contribution >= 0.6 is 36.2 Å². The average Bonchev–Trinajstić information content (AvgIpc) is 1.62. The SMILES string of the molecule is C#CCNc1cccc2c1C(=O)N(C1CCC(=O)NC1=O)C2=O.CC(C)(C)OC(=O)NCCOCCOCCN=[N+]=[N-].CC(C)(C)OC(=O)NCCOCCOCCn1cc(CNc2cccc3c2C(=O)N(C2CCC(=O)NC2=O)C3=O)nn1.Cl.NCCOCCOCCn1cc(CNc2cccc3c2C(=O)N(C2CCC(=O)NC2=O)C3=O)nn1.[2H]I.[2H]N. The number of azide groups is 1. The summed E-state index contributed by atoms with van der Waals surface area (Å²) in [4.78, 5) is 176. The van der Waals surface area contributed by atoms with Crippen LogP contribution in [0.5, 0.6) is 0 Å². The number of nitrogens with two attached hydrogens (primary N) is 1. The number of benzene rings is 3. The zero-order valence-corrected chi connectivity index (χ0v) is 71.0. The highest BCUT2D eigenvalue weighted by Crippen LogP contribution is 2.36. The summed E-state index contributed by atoms with van der Waals surface area (Å²) in [6, 6.07) is 11.5. The molecule has 6 aliphatic rings.